The average molecular weight is 404 g/mol. The van der Waals surface area contributed by atoms with Gasteiger partial charge in [-0.25, -0.2) is 0 Å². The van der Waals surface area contributed by atoms with Gasteiger partial charge in [0, 0.05) is 21.2 Å². The van der Waals surface area contributed by atoms with E-state index in [0.29, 0.717) is 30.9 Å². The zero-order valence-corrected chi connectivity index (χ0v) is 15.8. The van der Waals surface area contributed by atoms with Crippen LogP contribution in [0, 0.1) is 0 Å². The minimum absolute atomic E-state index is 0.256. The van der Waals surface area contributed by atoms with Crippen molar-refractivity contribution in [3.05, 3.63) is 73.0 Å². The number of methoxy groups -OCH3 is 1. The molecule has 2 heterocycles. The topological polar surface area (TPSA) is 56.5 Å². The summed E-state index contributed by atoms with van der Waals surface area (Å²) in [6, 6.07) is 12.5. The molecule has 4 aromatic rings. The highest BCUT2D eigenvalue weighted by Gasteiger charge is 2.13. The van der Waals surface area contributed by atoms with Gasteiger partial charge >= 0.3 is 0 Å². The van der Waals surface area contributed by atoms with Crippen molar-refractivity contribution in [2.24, 2.45) is 0 Å². The molecule has 0 saturated carbocycles. The van der Waals surface area contributed by atoms with Crippen LogP contribution in [0.5, 0.6) is 5.75 Å². The Morgan fingerprint density at radius 1 is 1.12 bits per heavy atom. The average Bonchev–Trinajstić information content (AvgIpc) is 3.18. The highest BCUT2D eigenvalue weighted by Crippen LogP contribution is 2.25. The molecule has 130 valence electrons. The Labute approximate surface area is 162 Å². The Balaban J connectivity index is 1.81. The number of hydrogen-bond acceptors (Lipinski definition) is 5. The lowest BCUT2D eigenvalue weighted by Gasteiger charge is -1.99. The van der Waals surface area contributed by atoms with Crippen molar-refractivity contribution in [1.29, 1.82) is 0 Å². The van der Waals surface area contributed by atoms with Gasteiger partial charge in [0.05, 0.1) is 11.6 Å². The van der Waals surface area contributed by atoms with E-state index in [9.17, 15) is 4.79 Å². The van der Waals surface area contributed by atoms with Crippen molar-refractivity contribution >= 4 is 45.6 Å². The van der Waals surface area contributed by atoms with Gasteiger partial charge in [0.15, 0.2) is 5.82 Å². The highest BCUT2D eigenvalue weighted by molar-refractivity contribution is 7.15. The van der Waals surface area contributed by atoms with Gasteiger partial charge in [-0.15, -0.1) is 5.10 Å². The van der Waals surface area contributed by atoms with Crippen molar-refractivity contribution in [3.8, 4) is 17.1 Å². The van der Waals surface area contributed by atoms with Crippen LogP contribution in [-0.4, -0.2) is 21.7 Å². The van der Waals surface area contributed by atoms with E-state index >= 15 is 0 Å². The molecule has 0 atom stereocenters. The lowest BCUT2D eigenvalue weighted by Crippen LogP contribution is -2.23. The lowest BCUT2D eigenvalue weighted by molar-refractivity contribution is 0.415. The molecule has 0 N–H and O–H groups in total. The van der Waals surface area contributed by atoms with Gasteiger partial charge < -0.3 is 4.74 Å². The number of benzene rings is 2. The third kappa shape index (κ3) is 2.96. The molecule has 26 heavy (non-hydrogen) atoms. The predicted molar refractivity (Wildman–Crippen MR) is 104 cm³/mol. The van der Waals surface area contributed by atoms with Crippen LogP contribution in [0.1, 0.15) is 5.56 Å². The third-order valence-electron chi connectivity index (χ3n) is 3.81. The smallest absolute Gasteiger partial charge is 0.291 e. The SMILES string of the molecule is COc1ccc(-c2nc3sc(=Cc4c(Cl)cccc4Cl)c(=O)n3n2)cc1. The largest absolute Gasteiger partial charge is 0.497 e. The number of fused-ring (bicyclic) bond motifs is 1. The van der Waals surface area contributed by atoms with Crippen LogP contribution < -0.4 is 14.8 Å². The Hall–Kier alpha value is -2.41. The van der Waals surface area contributed by atoms with Crippen LogP contribution in [-0.2, 0) is 0 Å². The molecule has 0 aliphatic rings. The van der Waals surface area contributed by atoms with E-state index in [0.717, 1.165) is 11.3 Å². The summed E-state index contributed by atoms with van der Waals surface area (Å²) in [7, 11) is 1.60. The van der Waals surface area contributed by atoms with Crippen LogP contribution in [0.3, 0.4) is 0 Å². The van der Waals surface area contributed by atoms with E-state index in [1.54, 1.807) is 31.4 Å². The normalized spacial score (nSPS) is 12.0. The quantitative estimate of drug-likeness (QED) is 0.523. The number of rotatable bonds is 3. The molecule has 4 rings (SSSR count). The van der Waals surface area contributed by atoms with E-state index in [4.69, 9.17) is 27.9 Å². The number of aromatic nitrogens is 3. The minimum atomic E-state index is -0.256. The van der Waals surface area contributed by atoms with Crippen LogP contribution in [0.4, 0.5) is 0 Å². The van der Waals surface area contributed by atoms with E-state index in [-0.39, 0.29) is 5.56 Å². The third-order valence-corrected chi connectivity index (χ3v) is 5.42. The summed E-state index contributed by atoms with van der Waals surface area (Å²) in [5, 5.41) is 5.28. The maximum absolute atomic E-state index is 12.6. The first-order valence-corrected chi connectivity index (χ1v) is 9.14. The molecule has 0 radical (unpaired) electrons. The number of halogens is 2. The maximum Gasteiger partial charge on any atom is 0.291 e. The van der Waals surface area contributed by atoms with Gasteiger partial charge in [0.2, 0.25) is 4.96 Å². The van der Waals surface area contributed by atoms with Crippen LogP contribution in [0.15, 0.2) is 47.3 Å². The summed E-state index contributed by atoms with van der Waals surface area (Å²) in [6.45, 7) is 0. The Morgan fingerprint density at radius 2 is 1.81 bits per heavy atom. The fourth-order valence-corrected chi connectivity index (χ4v) is 3.87. The zero-order chi connectivity index (χ0) is 18.3. The Bertz CT molecular complexity index is 1200. The number of thiazole rings is 1. The van der Waals surface area contributed by atoms with Gasteiger partial charge in [-0.05, 0) is 42.5 Å². The molecular weight excluding hydrogens is 393 g/mol. The predicted octanol–water partition coefficient (Wildman–Crippen LogP) is 3.68. The summed E-state index contributed by atoms with van der Waals surface area (Å²) in [6.07, 6.45) is 1.67. The van der Waals surface area contributed by atoms with Crippen molar-refractivity contribution in [2.75, 3.05) is 7.11 Å². The molecule has 0 fully saturated rings. The molecule has 5 nitrogen and oxygen atoms in total. The summed E-state index contributed by atoms with van der Waals surface area (Å²) >= 11 is 13.6. The van der Waals surface area contributed by atoms with Gasteiger partial charge in [0.25, 0.3) is 5.56 Å². The van der Waals surface area contributed by atoms with E-state index < -0.39 is 0 Å². The van der Waals surface area contributed by atoms with Gasteiger partial charge in [-0.1, -0.05) is 40.6 Å². The van der Waals surface area contributed by atoms with Crippen LogP contribution >= 0.6 is 34.5 Å². The molecule has 0 amide bonds. The highest BCUT2D eigenvalue weighted by atomic mass is 35.5. The molecule has 2 aromatic heterocycles. The van der Waals surface area contributed by atoms with Crippen LogP contribution in [0.25, 0.3) is 22.4 Å². The standard InChI is InChI=1S/C18H11Cl2N3O2S/c1-25-11-7-5-10(6-8-11)16-21-18-23(22-16)17(24)15(26-18)9-12-13(19)3-2-4-14(12)20/h2-9H,1H3. The fraction of sp³-hybridized carbons (Fsp3) is 0.0556. The Kier molecular flexibility index (Phi) is 4.40. The summed E-state index contributed by atoms with van der Waals surface area (Å²) in [5.41, 5.74) is 1.15. The first-order chi connectivity index (χ1) is 12.6. The van der Waals surface area contributed by atoms with Gasteiger partial charge in [-0.3, -0.25) is 4.79 Å². The van der Waals surface area contributed by atoms with Gasteiger partial charge in [0.1, 0.15) is 5.75 Å². The molecule has 2 aromatic carbocycles. The second-order valence-corrected chi connectivity index (χ2v) is 7.23. The van der Waals surface area contributed by atoms with Crippen molar-refractivity contribution in [3.63, 3.8) is 0 Å². The van der Waals surface area contributed by atoms with E-state index in [2.05, 4.69) is 10.1 Å². The van der Waals surface area contributed by atoms with E-state index in [1.807, 2.05) is 24.3 Å². The molecule has 0 saturated heterocycles. The van der Waals surface area contributed by atoms with Crippen molar-refractivity contribution < 1.29 is 4.74 Å². The second kappa shape index (κ2) is 6.72. The monoisotopic (exact) mass is 403 g/mol. The molecule has 0 aliphatic carbocycles. The first kappa shape index (κ1) is 17.0. The molecule has 0 spiro atoms. The van der Waals surface area contributed by atoms with Crippen molar-refractivity contribution in [2.45, 2.75) is 0 Å². The lowest BCUT2D eigenvalue weighted by atomic mass is 10.2. The summed E-state index contributed by atoms with van der Waals surface area (Å²) in [4.78, 5) is 17.6. The molecular formula is C18H11Cl2N3O2S. The zero-order valence-electron chi connectivity index (χ0n) is 13.4. The maximum atomic E-state index is 12.6. The molecule has 0 unspecified atom stereocenters. The van der Waals surface area contributed by atoms with Crippen molar-refractivity contribution in [1.82, 2.24) is 14.6 Å². The molecule has 8 heteroatoms. The number of hydrogen-bond donors (Lipinski definition) is 0. The minimum Gasteiger partial charge on any atom is -0.497 e. The summed E-state index contributed by atoms with van der Waals surface area (Å²) in [5.74, 6) is 1.23. The second-order valence-electron chi connectivity index (χ2n) is 5.41. The Morgan fingerprint density at radius 3 is 2.42 bits per heavy atom. The summed E-state index contributed by atoms with van der Waals surface area (Å²) < 4.78 is 6.90. The number of nitrogens with zero attached hydrogens (tertiary/aromatic N) is 3. The van der Waals surface area contributed by atoms with E-state index in [1.165, 1.54) is 15.9 Å². The molecule has 0 aliphatic heterocycles. The fourth-order valence-electron chi connectivity index (χ4n) is 2.48. The first-order valence-electron chi connectivity index (χ1n) is 7.56. The van der Waals surface area contributed by atoms with Crippen LogP contribution in [0.2, 0.25) is 10.0 Å². The molecule has 0 bridgehead atoms. The van der Waals surface area contributed by atoms with Gasteiger partial charge in [-0.2, -0.15) is 9.50 Å². The number of ether oxygens (including phenoxy) is 1.